The number of carbonyl (C=O) groups is 2. The maximum Gasteiger partial charge on any atom is 0.251 e. The van der Waals surface area contributed by atoms with Crippen LogP contribution in [0.3, 0.4) is 0 Å². The van der Waals surface area contributed by atoms with Crippen molar-refractivity contribution in [3.05, 3.63) is 114 Å². The van der Waals surface area contributed by atoms with E-state index in [0.717, 1.165) is 44.9 Å². The third-order valence-corrected chi connectivity index (χ3v) is 8.29. The molecule has 8 nitrogen and oxygen atoms in total. The zero-order valence-electron chi connectivity index (χ0n) is 25.0. The van der Waals surface area contributed by atoms with Gasteiger partial charge in [0.15, 0.2) is 5.17 Å². The number of amidine groups is 1. The summed E-state index contributed by atoms with van der Waals surface area (Å²) in [7, 11) is 3.58. The summed E-state index contributed by atoms with van der Waals surface area (Å²) in [6.07, 6.45) is 3.01. The normalized spacial score (nSPS) is 12.9. The van der Waals surface area contributed by atoms with Crippen molar-refractivity contribution in [1.82, 2.24) is 26.3 Å². The van der Waals surface area contributed by atoms with Crippen LogP contribution in [0.1, 0.15) is 53.0 Å². The number of pyridine rings is 1. The smallest absolute Gasteiger partial charge is 0.251 e. The van der Waals surface area contributed by atoms with Gasteiger partial charge in [-0.3, -0.25) is 19.6 Å². The third kappa shape index (κ3) is 9.39. The van der Waals surface area contributed by atoms with Gasteiger partial charge in [0.1, 0.15) is 6.04 Å². The highest BCUT2D eigenvalue weighted by Gasteiger charge is 2.23. The Kier molecular flexibility index (Phi) is 12.1. The number of carbonyl (C=O) groups excluding carboxylic acids is 2. The largest absolute Gasteiger partial charge is 0.368 e. The van der Waals surface area contributed by atoms with Crippen LogP contribution >= 0.6 is 11.8 Å². The summed E-state index contributed by atoms with van der Waals surface area (Å²) in [6, 6.07) is 26.6. The second-order valence-electron chi connectivity index (χ2n) is 10.2. The molecule has 0 unspecified atom stereocenters. The van der Waals surface area contributed by atoms with Crippen LogP contribution in [-0.2, 0) is 17.9 Å². The molecule has 0 aliphatic rings. The van der Waals surface area contributed by atoms with Gasteiger partial charge in [0, 0.05) is 44.7 Å². The van der Waals surface area contributed by atoms with Gasteiger partial charge in [0.25, 0.3) is 5.91 Å². The maximum absolute atomic E-state index is 13.6. The second kappa shape index (κ2) is 16.4. The molecule has 9 heteroatoms. The molecule has 4 rings (SSSR count). The zero-order chi connectivity index (χ0) is 30.4. The van der Waals surface area contributed by atoms with Gasteiger partial charge in [-0.15, -0.1) is 0 Å². The van der Waals surface area contributed by atoms with Crippen molar-refractivity contribution < 1.29 is 9.59 Å². The summed E-state index contributed by atoms with van der Waals surface area (Å²) in [5, 5.41) is 15.6. The van der Waals surface area contributed by atoms with Gasteiger partial charge in [-0.2, -0.15) is 0 Å². The van der Waals surface area contributed by atoms with E-state index in [4.69, 9.17) is 0 Å². The summed E-state index contributed by atoms with van der Waals surface area (Å²) in [5.41, 5.74) is 3.58. The van der Waals surface area contributed by atoms with Crippen molar-refractivity contribution in [1.29, 1.82) is 0 Å². The molecule has 0 aliphatic carbocycles. The Labute approximate surface area is 258 Å². The fourth-order valence-corrected chi connectivity index (χ4v) is 5.62. The minimum Gasteiger partial charge on any atom is -0.368 e. The summed E-state index contributed by atoms with van der Waals surface area (Å²) in [4.78, 5) is 35.4. The standard InChI is InChI=1S/C34H40N6O2S/c1-24(29-14-8-11-26-10-4-5-13-30(26)29)39-33(42)31(15-9-21-43-34(35-2)36-3)40-32(41)27-18-16-25(17-19-27)22-37-23-28-12-6-7-20-38-28/h4-8,10-14,16-20,24,31,37H,9,15,21-23H2,1-3H3,(H,35,36)(H,39,42)(H,40,41)/t24-,31-/m0/s1. The molecule has 0 fully saturated rings. The highest BCUT2D eigenvalue weighted by molar-refractivity contribution is 8.13. The Morgan fingerprint density at radius 2 is 1.67 bits per heavy atom. The predicted molar refractivity (Wildman–Crippen MR) is 177 cm³/mol. The Morgan fingerprint density at radius 3 is 2.42 bits per heavy atom. The van der Waals surface area contributed by atoms with Crippen molar-refractivity contribution in [2.24, 2.45) is 4.99 Å². The summed E-state index contributed by atoms with van der Waals surface area (Å²) in [5.74, 6) is 0.295. The average molecular weight is 597 g/mol. The number of hydrogen-bond acceptors (Lipinski definition) is 6. The van der Waals surface area contributed by atoms with E-state index in [-0.39, 0.29) is 17.9 Å². The second-order valence-corrected chi connectivity index (χ2v) is 11.3. The minimum atomic E-state index is -0.679. The van der Waals surface area contributed by atoms with Crippen molar-refractivity contribution in [3.8, 4) is 0 Å². The van der Waals surface area contributed by atoms with Crippen molar-refractivity contribution in [2.45, 2.75) is 44.9 Å². The molecular formula is C34H40N6O2S. The lowest BCUT2D eigenvalue weighted by Gasteiger charge is -2.23. The molecule has 0 aliphatic heterocycles. The lowest BCUT2D eigenvalue weighted by molar-refractivity contribution is -0.123. The quantitative estimate of drug-likeness (QED) is 0.0958. The number of benzene rings is 3. The molecule has 4 N–H and O–H groups in total. The van der Waals surface area contributed by atoms with E-state index in [1.165, 1.54) is 0 Å². The molecule has 2 amide bonds. The Bertz CT molecular complexity index is 1510. The molecule has 224 valence electrons. The van der Waals surface area contributed by atoms with Crippen LogP contribution in [0.25, 0.3) is 10.8 Å². The molecule has 0 saturated carbocycles. The number of aromatic nitrogens is 1. The van der Waals surface area contributed by atoms with Crippen LogP contribution in [0.5, 0.6) is 0 Å². The van der Waals surface area contributed by atoms with E-state index < -0.39 is 6.04 Å². The van der Waals surface area contributed by atoms with Crippen LogP contribution in [0.15, 0.2) is 96.1 Å². The Hall–Kier alpha value is -4.21. The van der Waals surface area contributed by atoms with Gasteiger partial charge in [0.05, 0.1) is 11.7 Å². The molecule has 0 saturated heterocycles. The molecule has 0 bridgehead atoms. The van der Waals surface area contributed by atoms with Crippen molar-refractivity contribution in [3.63, 3.8) is 0 Å². The lowest BCUT2D eigenvalue weighted by atomic mass is 9.99. The summed E-state index contributed by atoms with van der Waals surface area (Å²) < 4.78 is 0. The van der Waals surface area contributed by atoms with E-state index in [9.17, 15) is 9.59 Å². The monoisotopic (exact) mass is 596 g/mol. The Balaban J connectivity index is 1.39. The van der Waals surface area contributed by atoms with E-state index >= 15 is 0 Å². The van der Waals surface area contributed by atoms with Gasteiger partial charge in [-0.05, 0) is 65.9 Å². The fraction of sp³-hybridized carbons (Fsp3) is 0.294. The van der Waals surface area contributed by atoms with Crippen molar-refractivity contribution >= 4 is 39.5 Å². The number of thioether (sulfide) groups is 1. The first-order chi connectivity index (χ1) is 21.0. The molecule has 0 radical (unpaired) electrons. The molecule has 1 aromatic heterocycles. The molecule has 1 heterocycles. The average Bonchev–Trinajstić information content (AvgIpc) is 3.04. The Morgan fingerprint density at radius 1 is 0.907 bits per heavy atom. The number of fused-ring (bicyclic) bond motifs is 1. The molecule has 4 aromatic rings. The molecule has 43 heavy (non-hydrogen) atoms. The lowest BCUT2D eigenvalue weighted by Crippen LogP contribution is -2.47. The topological polar surface area (TPSA) is 108 Å². The van der Waals surface area contributed by atoms with Crippen LogP contribution in [0.4, 0.5) is 0 Å². The maximum atomic E-state index is 13.6. The first-order valence-corrected chi connectivity index (χ1v) is 15.5. The van der Waals surface area contributed by atoms with Crippen LogP contribution in [-0.4, -0.2) is 47.9 Å². The number of nitrogens with zero attached hydrogens (tertiary/aromatic N) is 2. The SMILES string of the molecule is CN=C(NC)SCCC[C@H](NC(=O)c1ccc(CNCc2ccccn2)cc1)C(=O)N[C@@H](C)c1cccc2ccccc12. The van der Waals surface area contributed by atoms with E-state index in [0.29, 0.717) is 25.1 Å². The molecular weight excluding hydrogens is 556 g/mol. The number of aliphatic imine (C=N–C) groups is 1. The summed E-state index contributed by atoms with van der Waals surface area (Å²) in [6.45, 7) is 3.30. The van der Waals surface area contributed by atoms with Gasteiger partial charge < -0.3 is 21.3 Å². The molecule has 0 spiro atoms. The van der Waals surface area contributed by atoms with Crippen LogP contribution in [0.2, 0.25) is 0 Å². The first-order valence-electron chi connectivity index (χ1n) is 14.5. The highest BCUT2D eigenvalue weighted by atomic mass is 32.2. The highest BCUT2D eigenvalue weighted by Crippen LogP contribution is 2.24. The summed E-state index contributed by atoms with van der Waals surface area (Å²) >= 11 is 1.59. The number of amides is 2. The molecule has 3 aromatic carbocycles. The van der Waals surface area contributed by atoms with Gasteiger partial charge in [-0.25, -0.2) is 0 Å². The third-order valence-electron chi connectivity index (χ3n) is 7.14. The van der Waals surface area contributed by atoms with E-state index in [2.05, 4.69) is 49.4 Å². The molecule has 2 atom stereocenters. The van der Waals surface area contributed by atoms with Crippen LogP contribution < -0.4 is 21.3 Å². The zero-order valence-corrected chi connectivity index (χ0v) is 25.8. The van der Waals surface area contributed by atoms with Crippen molar-refractivity contribution in [2.75, 3.05) is 19.8 Å². The van der Waals surface area contributed by atoms with Gasteiger partial charge in [0.2, 0.25) is 5.91 Å². The van der Waals surface area contributed by atoms with Gasteiger partial charge in [-0.1, -0.05) is 72.4 Å². The van der Waals surface area contributed by atoms with E-state index in [1.54, 1.807) is 37.1 Å². The van der Waals surface area contributed by atoms with Crippen LogP contribution in [0, 0.1) is 0 Å². The number of nitrogens with one attached hydrogen (secondary N) is 4. The first kappa shape index (κ1) is 31.7. The number of hydrogen-bond donors (Lipinski definition) is 4. The number of rotatable bonds is 13. The fourth-order valence-electron chi connectivity index (χ4n) is 4.85. The minimum absolute atomic E-state index is 0.202. The van der Waals surface area contributed by atoms with Gasteiger partial charge >= 0.3 is 0 Å². The predicted octanol–water partition coefficient (Wildman–Crippen LogP) is 5.22. The van der Waals surface area contributed by atoms with E-state index in [1.807, 2.05) is 68.6 Å².